The average molecular weight is 261 g/mol. The molecule has 1 unspecified atom stereocenters. The number of likely N-dealkylation sites (N-methyl/N-ethyl adjacent to an activating group) is 1. The summed E-state index contributed by atoms with van der Waals surface area (Å²) < 4.78 is 0. The first-order valence-corrected chi connectivity index (χ1v) is 7.39. The van der Waals surface area contributed by atoms with Gasteiger partial charge in [-0.3, -0.25) is 0 Å². The number of benzene rings is 1. The second-order valence-corrected chi connectivity index (χ2v) is 5.83. The smallest absolute Gasteiger partial charge is 0.0417 e. The van der Waals surface area contributed by atoms with Gasteiger partial charge in [0.25, 0.3) is 0 Å². The fraction of sp³-hybridized carbons (Fsp3) is 0.625. The molecule has 1 saturated heterocycles. The molecule has 1 heterocycles. The van der Waals surface area contributed by atoms with Crippen LogP contribution in [0.3, 0.4) is 0 Å². The van der Waals surface area contributed by atoms with Crippen LogP contribution in [0.1, 0.15) is 37.8 Å². The highest BCUT2D eigenvalue weighted by Gasteiger charge is 2.27. The van der Waals surface area contributed by atoms with Crippen LogP contribution in [0, 0.1) is 0 Å². The monoisotopic (exact) mass is 261 g/mol. The van der Waals surface area contributed by atoms with Gasteiger partial charge in [-0.1, -0.05) is 25.1 Å². The van der Waals surface area contributed by atoms with Gasteiger partial charge in [-0.2, -0.15) is 0 Å². The predicted molar refractivity (Wildman–Crippen MR) is 82.6 cm³/mol. The number of nitrogens with zero attached hydrogens (tertiary/aromatic N) is 2. The van der Waals surface area contributed by atoms with E-state index in [2.05, 4.69) is 55.1 Å². The Morgan fingerprint density at radius 2 is 2.11 bits per heavy atom. The maximum absolute atomic E-state index is 6.27. The molecular weight excluding hydrogens is 234 g/mol. The first kappa shape index (κ1) is 14.4. The molecule has 1 aromatic rings. The summed E-state index contributed by atoms with van der Waals surface area (Å²) in [7, 11) is 4.31. The van der Waals surface area contributed by atoms with Crippen molar-refractivity contribution in [3.8, 4) is 0 Å². The van der Waals surface area contributed by atoms with Gasteiger partial charge in [0.1, 0.15) is 0 Å². The van der Waals surface area contributed by atoms with Crippen LogP contribution in [-0.2, 0) is 0 Å². The molecule has 0 bridgehead atoms. The van der Waals surface area contributed by atoms with E-state index in [-0.39, 0.29) is 6.04 Å². The summed E-state index contributed by atoms with van der Waals surface area (Å²) in [5, 5.41) is 0. The molecule has 3 heteroatoms. The van der Waals surface area contributed by atoms with Gasteiger partial charge in [0.15, 0.2) is 0 Å². The number of hydrogen-bond acceptors (Lipinski definition) is 3. The quantitative estimate of drug-likeness (QED) is 0.884. The number of anilines is 1. The molecule has 2 rings (SSSR count). The summed E-state index contributed by atoms with van der Waals surface area (Å²) in [4.78, 5) is 4.84. The largest absolute Gasteiger partial charge is 0.367 e. The minimum atomic E-state index is 0.150. The summed E-state index contributed by atoms with van der Waals surface area (Å²) in [5.74, 6) is 0. The van der Waals surface area contributed by atoms with Crippen LogP contribution in [0.25, 0.3) is 0 Å². The first-order chi connectivity index (χ1) is 9.13. The van der Waals surface area contributed by atoms with Gasteiger partial charge < -0.3 is 15.5 Å². The molecule has 1 aromatic carbocycles. The lowest BCUT2D eigenvalue weighted by molar-refractivity contribution is 0.372. The fourth-order valence-corrected chi connectivity index (χ4v) is 3.05. The van der Waals surface area contributed by atoms with E-state index >= 15 is 0 Å². The summed E-state index contributed by atoms with van der Waals surface area (Å²) in [5.41, 5.74) is 8.92. The Balaban J connectivity index is 2.25. The molecular formula is C16H27N3. The van der Waals surface area contributed by atoms with E-state index in [1.165, 1.54) is 24.1 Å². The Kier molecular flexibility index (Phi) is 4.83. The third-order valence-electron chi connectivity index (χ3n) is 4.04. The van der Waals surface area contributed by atoms with Crippen molar-refractivity contribution in [2.45, 2.75) is 38.3 Å². The Hall–Kier alpha value is -1.06. The number of para-hydroxylation sites is 1. The third kappa shape index (κ3) is 3.28. The van der Waals surface area contributed by atoms with Gasteiger partial charge in [-0.05, 0) is 45.0 Å². The molecule has 0 spiro atoms. The van der Waals surface area contributed by atoms with Crippen molar-refractivity contribution in [2.24, 2.45) is 5.73 Å². The van der Waals surface area contributed by atoms with Crippen molar-refractivity contribution in [1.29, 1.82) is 0 Å². The second kappa shape index (κ2) is 6.40. The Bertz CT molecular complexity index is 403. The number of nitrogens with two attached hydrogens (primary N) is 1. The molecule has 1 aliphatic rings. The van der Waals surface area contributed by atoms with Crippen LogP contribution in [0.5, 0.6) is 0 Å². The molecule has 0 saturated carbocycles. The zero-order valence-electron chi connectivity index (χ0n) is 12.5. The zero-order valence-corrected chi connectivity index (χ0v) is 12.5. The normalized spacial score (nSPS) is 21.1. The SMILES string of the molecule is CC[C@H](N)c1ccccc1N1CCCC1CN(C)C. The van der Waals surface area contributed by atoms with E-state index < -0.39 is 0 Å². The minimum absolute atomic E-state index is 0.150. The Morgan fingerprint density at radius 1 is 1.37 bits per heavy atom. The van der Waals surface area contributed by atoms with Crippen molar-refractivity contribution in [2.75, 3.05) is 32.1 Å². The molecule has 19 heavy (non-hydrogen) atoms. The predicted octanol–water partition coefficient (Wildman–Crippen LogP) is 2.63. The van der Waals surface area contributed by atoms with Crippen LogP contribution < -0.4 is 10.6 Å². The van der Waals surface area contributed by atoms with Crippen LogP contribution in [0.15, 0.2) is 24.3 Å². The Labute approximate surface area is 117 Å². The van der Waals surface area contributed by atoms with E-state index in [1.807, 2.05) is 0 Å². The lowest BCUT2D eigenvalue weighted by Gasteiger charge is -2.31. The van der Waals surface area contributed by atoms with Crippen LogP contribution in [0.2, 0.25) is 0 Å². The molecule has 106 valence electrons. The molecule has 2 N–H and O–H groups in total. The highest BCUT2D eigenvalue weighted by Crippen LogP contribution is 2.32. The minimum Gasteiger partial charge on any atom is -0.367 e. The maximum atomic E-state index is 6.27. The van der Waals surface area contributed by atoms with Gasteiger partial charge in [0.2, 0.25) is 0 Å². The molecule has 1 aliphatic heterocycles. The topological polar surface area (TPSA) is 32.5 Å². The van der Waals surface area contributed by atoms with Gasteiger partial charge in [0, 0.05) is 30.9 Å². The fourth-order valence-electron chi connectivity index (χ4n) is 3.05. The molecule has 0 radical (unpaired) electrons. The zero-order chi connectivity index (χ0) is 13.8. The summed E-state index contributed by atoms with van der Waals surface area (Å²) >= 11 is 0. The number of hydrogen-bond donors (Lipinski definition) is 1. The number of rotatable bonds is 5. The van der Waals surface area contributed by atoms with Crippen LogP contribution in [0.4, 0.5) is 5.69 Å². The molecule has 0 aliphatic carbocycles. The summed E-state index contributed by atoms with van der Waals surface area (Å²) in [6.07, 6.45) is 3.56. The van der Waals surface area contributed by atoms with Crippen molar-refractivity contribution < 1.29 is 0 Å². The highest BCUT2D eigenvalue weighted by molar-refractivity contribution is 5.56. The highest BCUT2D eigenvalue weighted by atomic mass is 15.2. The van der Waals surface area contributed by atoms with Crippen molar-refractivity contribution >= 4 is 5.69 Å². The van der Waals surface area contributed by atoms with E-state index in [4.69, 9.17) is 5.73 Å². The van der Waals surface area contributed by atoms with Gasteiger partial charge in [0.05, 0.1) is 0 Å². The van der Waals surface area contributed by atoms with Crippen LogP contribution >= 0.6 is 0 Å². The van der Waals surface area contributed by atoms with Gasteiger partial charge >= 0.3 is 0 Å². The van der Waals surface area contributed by atoms with E-state index in [0.29, 0.717) is 6.04 Å². The van der Waals surface area contributed by atoms with Crippen molar-refractivity contribution in [3.63, 3.8) is 0 Å². The summed E-state index contributed by atoms with van der Waals surface area (Å²) in [6.45, 7) is 4.43. The standard InChI is InChI=1S/C16H27N3/c1-4-15(17)14-9-5-6-10-16(14)19-11-7-8-13(19)12-18(2)3/h5-6,9-10,13,15H,4,7-8,11-12,17H2,1-3H3/t13?,15-/m0/s1. The molecule has 0 aromatic heterocycles. The van der Waals surface area contributed by atoms with Crippen molar-refractivity contribution in [1.82, 2.24) is 4.90 Å². The van der Waals surface area contributed by atoms with Crippen molar-refractivity contribution in [3.05, 3.63) is 29.8 Å². The molecule has 3 nitrogen and oxygen atoms in total. The van der Waals surface area contributed by atoms with E-state index in [0.717, 1.165) is 19.5 Å². The maximum Gasteiger partial charge on any atom is 0.0417 e. The summed E-state index contributed by atoms with van der Waals surface area (Å²) in [6, 6.07) is 9.43. The Morgan fingerprint density at radius 3 is 2.79 bits per heavy atom. The van der Waals surface area contributed by atoms with Gasteiger partial charge in [-0.15, -0.1) is 0 Å². The first-order valence-electron chi connectivity index (χ1n) is 7.39. The van der Waals surface area contributed by atoms with Gasteiger partial charge in [-0.25, -0.2) is 0 Å². The van der Waals surface area contributed by atoms with Crippen LogP contribution in [-0.4, -0.2) is 38.1 Å². The molecule has 0 amide bonds. The third-order valence-corrected chi connectivity index (χ3v) is 4.04. The second-order valence-electron chi connectivity index (χ2n) is 5.83. The molecule has 1 fully saturated rings. The lowest BCUT2D eigenvalue weighted by Crippen LogP contribution is -2.38. The van der Waals surface area contributed by atoms with E-state index in [9.17, 15) is 0 Å². The van der Waals surface area contributed by atoms with E-state index in [1.54, 1.807) is 0 Å². The average Bonchev–Trinajstić information content (AvgIpc) is 2.85. The lowest BCUT2D eigenvalue weighted by atomic mass is 10.0. The molecule has 2 atom stereocenters.